The third-order valence-electron chi connectivity index (χ3n) is 3.18. The number of nitrogen functional groups attached to an aromatic ring is 1. The van der Waals surface area contributed by atoms with E-state index in [1.807, 2.05) is 18.2 Å². The lowest BCUT2D eigenvalue weighted by Crippen LogP contribution is -2.49. The molecule has 0 amide bonds. The summed E-state index contributed by atoms with van der Waals surface area (Å²) in [6.07, 6.45) is 0. The van der Waals surface area contributed by atoms with Crippen LogP contribution in [0.1, 0.15) is 13.8 Å². The number of nitrogens with zero attached hydrogens (tertiary/aromatic N) is 1. The first-order valence-electron chi connectivity index (χ1n) is 5.93. The quantitative estimate of drug-likeness (QED) is 0.797. The molecule has 0 spiro atoms. The molecule has 1 aromatic rings. The third kappa shape index (κ3) is 2.31. The Bertz CT molecular complexity index is 385. The molecule has 2 rings (SSSR count). The Morgan fingerprint density at radius 3 is 2.53 bits per heavy atom. The number of nitrogens with two attached hydrogens (primary N) is 1. The molecule has 1 fully saturated rings. The molecule has 4 heteroatoms. The summed E-state index contributed by atoms with van der Waals surface area (Å²) in [4.78, 5) is 2.35. The van der Waals surface area contributed by atoms with Gasteiger partial charge in [0.2, 0.25) is 0 Å². The Labute approximate surface area is 102 Å². The average Bonchev–Trinajstić information content (AvgIpc) is 2.31. The molecular formula is C13H20N2O2. The fourth-order valence-corrected chi connectivity index (χ4v) is 2.37. The Morgan fingerprint density at radius 1 is 1.29 bits per heavy atom. The first-order valence-corrected chi connectivity index (χ1v) is 5.93. The lowest BCUT2D eigenvalue weighted by atomic mass is 10.1. The summed E-state index contributed by atoms with van der Waals surface area (Å²) in [5.41, 5.74) is 7.64. The highest BCUT2D eigenvalue weighted by Crippen LogP contribution is 2.30. The first kappa shape index (κ1) is 12.0. The summed E-state index contributed by atoms with van der Waals surface area (Å²) in [6.45, 7) is 5.85. The molecule has 2 unspecified atom stereocenters. The van der Waals surface area contributed by atoms with Gasteiger partial charge in [0, 0.05) is 23.8 Å². The number of ether oxygens (including phenoxy) is 2. The summed E-state index contributed by atoms with van der Waals surface area (Å²) in [6, 6.07) is 6.66. The summed E-state index contributed by atoms with van der Waals surface area (Å²) < 4.78 is 10.8. The van der Waals surface area contributed by atoms with Crippen LogP contribution in [0.15, 0.2) is 18.2 Å². The van der Waals surface area contributed by atoms with E-state index >= 15 is 0 Å². The maximum Gasteiger partial charge on any atom is 0.143 e. The monoisotopic (exact) mass is 236 g/mol. The van der Waals surface area contributed by atoms with Gasteiger partial charge in [-0.25, -0.2) is 0 Å². The van der Waals surface area contributed by atoms with E-state index in [1.165, 1.54) is 0 Å². The zero-order valence-corrected chi connectivity index (χ0v) is 10.6. The second-order valence-electron chi connectivity index (χ2n) is 4.57. The maximum absolute atomic E-state index is 5.83. The summed E-state index contributed by atoms with van der Waals surface area (Å²) >= 11 is 0. The van der Waals surface area contributed by atoms with Crippen molar-refractivity contribution < 1.29 is 9.47 Å². The van der Waals surface area contributed by atoms with Crippen LogP contribution in [0.25, 0.3) is 0 Å². The van der Waals surface area contributed by atoms with Gasteiger partial charge in [-0.15, -0.1) is 0 Å². The van der Waals surface area contributed by atoms with Crippen LogP contribution in [-0.2, 0) is 4.74 Å². The highest BCUT2D eigenvalue weighted by molar-refractivity contribution is 5.63. The van der Waals surface area contributed by atoms with Gasteiger partial charge in [-0.1, -0.05) is 0 Å². The van der Waals surface area contributed by atoms with Gasteiger partial charge in [-0.3, -0.25) is 0 Å². The van der Waals surface area contributed by atoms with Crippen LogP contribution in [-0.4, -0.2) is 32.4 Å². The lowest BCUT2D eigenvalue weighted by Gasteiger charge is -2.40. The molecule has 4 nitrogen and oxygen atoms in total. The molecule has 0 aromatic heterocycles. The van der Waals surface area contributed by atoms with Crippen molar-refractivity contribution in [1.29, 1.82) is 0 Å². The molecule has 17 heavy (non-hydrogen) atoms. The van der Waals surface area contributed by atoms with E-state index in [-0.39, 0.29) is 0 Å². The largest absolute Gasteiger partial charge is 0.495 e. The van der Waals surface area contributed by atoms with Crippen LogP contribution >= 0.6 is 0 Å². The number of hydrogen-bond donors (Lipinski definition) is 1. The molecule has 1 saturated heterocycles. The van der Waals surface area contributed by atoms with Gasteiger partial charge >= 0.3 is 0 Å². The molecule has 2 atom stereocenters. The predicted molar refractivity (Wildman–Crippen MR) is 69.6 cm³/mol. The molecule has 2 N–H and O–H groups in total. The van der Waals surface area contributed by atoms with Crippen LogP contribution in [0, 0.1) is 0 Å². The van der Waals surface area contributed by atoms with Gasteiger partial charge < -0.3 is 20.1 Å². The Kier molecular flexibility index (Phi) is 3.43. The van der Waals surface area contributed by atoms with Crippen molar-refractivity contribution in [3.63, 3.8) is 0 Å². The van der Waals surface area contributed by atoms with Gasteiger partial charge in [0.15, 0.2) is 0 Å². The van der Waals surface area contributed by atoms with Crippen molar-refractivity contribution in [3.8, 4) is 5.75 Å². The van der Waals surface area contributed by atoms with Gasteiger partial charge in [0.05, 0.1) is 26.0 Å². The zero-order chi connectivity index (χ0) is 12.4. The van der Waals surface area contributed by atoms with Crippen molar-refractivity contribution in [2.45, 2.75) is 25.9 Å². The molecule has 1 heterocycles. The minimum Gasteiger partial charge on any atom is -0.495 e. The number of benzene rings is 1. The topological polar surface area (TPSA) is 47.7 Å². The molecule has 1 aliphatic rings. The highest BCUT2D eigenvalue weighted by atomic mass is 16.5. The average molecular weight is 236 g/mol. The molecule has 0 saturated carbocycles. The van der Waals surface area contributed by atoms with Crippen LogP contribution < -0.4 is 15.4 Å². The summed E-state index contributed by atoms with van der Waals surface area (Å²) in [5, 5.41) is 0. The number of methoxy groups -OCH3 is 1. The SMILES string of the molecule is COc1cc(N2C(C)COCC2C)ccc1N. The lowest BCUT2D eigenvalue weighted by molar-refractivity contribution is 0.0756. The Balaban J connectivity index is 2.31. The zero-order valence-electron chi connectivity index (χ0n) is 10.6. The molecule has 94 valence electrons. The molecule has 0 bridgehead atoms. The number of morpholine rings is 1. The van der Waals surface area contributed by atoms with Crippen molar-refractivity contribution in [2.24, 2.45) is 0 Å². The normalized spacial score (nSPS) is 24.8. The van der Waals surface area contributed by atoms with E-state index in [9.17, 15) is 0 Å². The van der Waals surface area contributed by atoms with Crippen LogP contribution in [0.3, 0.4) is 0 Å². The van der Waals surface area contributed by atoms with Gasteiger partial charge in [0.1, 0.15) is 5.75 Å². The molecule has 0 radical (unpaired) electrons. The van der Waals surface area contributed by atoms with Crippen LogP contribution in [0.2, 0.25) is 0 Å². The number of anilines is 2. The highest BCUT2D eigenvalue weighted by Gasteiger charge is 2.25. The van der Waals surface area contributed by atoms with E-state index in [1.54, 1.807) is 7.11 Å². The van der Waals surface area contributed by atoms with Gasteiger partial charge in [-0.05, 0) is 26.0 Å². The molecular weight excluding hydrogens is 216 g/mol. The predicted octanol–water partition coefficient (Wildman–Crippen LogP) is 1.89. The van der Waals surface area contributed by atoms with Crippen molar-refractivity contribution in [3.05, 3.63) is 18.2 Å². The summed E-state index contributed by atoms with van der Waals surface area (Å²) in [5.74, 6) is 0.730. The van der Waals surface area contributed by atoms with Crippen molar-refractivity contribution in [2.75, 3.05) is 31.0 Å². The van der Waals surface area contributed by atoms with E-state index in [0.29, 0.717) is 17.8 Å². The second kappa shape index (κ2) is 4.84. The third-order valence-corrected chi connectivity index (χ3v) is 3.18. The van der Waals surface area contributed by atoms with Crippen molar-refractivity contribution >= 4 is 11.4 Å². The van der Waals surface area contributed by atoms with E-state index in [0.717, 1.165) is 24.7 Å². The molecule has 0 aliphatic carbocycles. The van der Waals surface area contributed by atoms with E-state index in [4.69, 9.17) is 15.2 Å². The summed E-state index contributed by atoms with van der Waals surface area (Å²) in [7, 11) is 1.64. The maximum atomic E-state index is 5.83. The van der Waals surface area contributed by atoms with Gasteiger partial charge in [-0.2, -0.15) is 0 Å². The first-order chi connectivity index (χ1) is 8.13. The van der Waals surface area contributed by atoms with E-state index in [2.05, 4.69) is 18.7 Å². The minimum absolute atomic E-state index is 0.368. The molecule has 1 aromatic carbocycles. The van der Waals surface area contributed by atoms with Crippen LogP contribution in [0.4, 0.5) is 11.4 Å². The fraction of sp³-hybridized carbons (Fsp3) is 0.538. The smallest absolute Gasteiger partial charge is 0.143 e. The standard InChI is InChI=1S/C13H20N2O2/c1-9-7-17-8-10(2)15(9)11-4-5-12(14)13(6-11)16-3/h4-6,9-10H,7-8,14H2,1-3H3. The number of rotatable bonds is 2. The van der Waals surface area contributed by atoms with Gasteiger partial charge in [0.25, 0.3) is 0 Å². The number of hydrogen-bond acceptors (Lipinski definition) is 4. The molecule has 1 aliphatic heterocycles. The minimum atomic E-state index is 0.368. The van der Waals surface area contributed by atoms with Crippen molar-refractivity contribution in [1.82, 2.24) is 0 Å². The van der Waals surface area contributed by atoms with E-state index < -0.39 is 0 Å². The Hall–Kier alpha value is -1.42. The second-order valence-corrected chi connectivity index (χ2v) is 4.57. The fourth-order valence-electron chi connectivity index (χ4n) is 2.37. The van der Waals surface area contributed by atoms with Crippen LogP contribution in [0.5, 0.6) is 5.75 Å². The Morgan fingerprint density at radius 2 is 1.94 bits per heavy atom.